The standard InChI is InChI=1S/C26H44N6/c1-21-11-5-7-17-29(21)19-9-13-25-27-28-26(32(25)31-23(3)15-16-24(31)4)14-10-20-30-18-8-6-12-22(30)2/h15-16,21-22H,5-14,17-20H2,1-4H3/t21-,22+. The molecule has 0 saturated carbocycles. The van der Waals surface area contributed by atoms with E-state index in [-0.39, 0.29) is 0 Å². The summed E-state index contributed by atoms with van der Waals surface area (Å²) in [6, 6.07) is 5.85. The maximum absolute atomic E-state index is 4.70. The molecule has 2 aliphatic rings. The summed E-state index contributed by atoms with van der Waals surface area (Å²) in [6.07, 6.45) is 12.4. The van der Waals surface area contributed by atoms with Crippen molar-refractivity contribution in [3.63, 3.8) is 0 Å². The van der Waals surface area contributed by atoms with Crippen LogP contribution in [0.3, 0.4) is 0 Å². The zero-order valence-corrected chi connectivity index (χ0v) is 20.9. The second-order valence-corrected chi connectivity index (χ2v) is 10.2. The van der Waals surface area contributed by atoms with Crippen LogP contribution in [0.5, 0.6) is 0 Å². The number of hydrogen-bond acceptors (Lipinski definition) is 4. The van der Waals surface area contributed by atoms with E-state index < -0.39 is 0 Å². The number of hydrogen-bond donors (Lipinski definition) is 0. The summed E-state index contributed by atoms with van der Waals surface area (Å²) in [6.45, 7) is 14.0. The molecule has 0 aliphatic carbocycles. The van der Waals surface area contributed by atoms with Crippen molar-refractivity contribution in [1.29, 1.82) is 0 Å². The van der Waals surface area contributed by atoms with Crippen LogP contribution in [-0.4, -0.2) is 67.6 Å². The number of rotatable bonds is 9. The summed E-state index contributed by atoms with van der Waals surface area (Å²) in [7, 11) is 0. The lowest BCUT2D eigenvalue weighted by molar-refractivity contribution is 0.158. The van der Waals surface area contributed by atoms with Gasteiger partial charge in [0.2, 0.25) is 0 Å². The van der Waals surface area contributed by atoms with Gasteiger partial charge in [-0.05, 0) is 105 Å². The first-order valence-corrected chi connectivity index (χ1v) is 13.1. The topological polar surface area (TPSA) is 42.1 Å². The van der Waals surface area contributed by atoms with Crippen LogP contribution >= 0.6 is 0 Å². The van der Waals surface area contributed by atoms with Crippen LogP contribution in [0, 0.1) is 13.8 Å². The number of likely N-dealkylation sites (tertiary alicyclic amines) is 2. The highest BCUT2D eigenvalue weighted by atomic mass is 15.5. The summed E-state index contributed by atoms with van der Waals surface area (Å²) < 4.78 is 4.64. The Hall–Kier alpha value is -1.66. The minimum absolute atomic E-state index is 0.725. The summed E-state index contributed by atoms with van der Waals surface area (Å²) >= 11 is 0. The molecule has 0 N–H and O–H groups in total. The molecule has 32 heavy (non-hydrogen) atoms. The molecule has 2 fully saturated rings. The van der Waals surface area contributed by atoms with Crippen molar-refractivity contribution in [2.75, 3.05) is 26.2 Å². The Morgan fingerprint density at radius 2 is 1.19 bits per heavy atom. The summed E-state index contributed by atoms with van der Waals surface area (Å²) in [5, 5.41) is 9.39. The first-order chi connectivity index (χ1) is 15.5. The fraction of sp³-hybridized carbons (Fsp3) is 0.769. The molecule has 0 spiro atoms. The number of piperidine rings is 2. The fourth-order valence-electron chi connectivity index (χ4n) is 5.73. The molecule has 2 saturated heterocycles. The van der Waals surface area contributed by atoms with Crippen molar-refractivity contribution in [2.24, 2.45) is 0 Å². The highest BCUT2D eigenvalue weighted by molar-refractivity contribution is 5.16. The normalized spacial score (nSPS) is 23.1. The monoisotopic (exact) mass is 440 g/mol. The van der Waals surface area contributed by atoms with Gasteiger partial charge in [0, 0.05) is 36.3 Å². The van der Waals surface area contributed by atoms with E-state index in [1.54, 1.807) is 0 Å². The quantitative estimate of drug-likeness (QED) is 0.570. The summed E-state index contributed by atoms with van der Waals surface area (Å²) in [5.74, 6) is 2.22. The van der Waals surface area contributed by atoms with Crippen molar-refractivity contribution in [2.45, 2.75) is 104 Å². The molecule has 4 heterocycles. The van der Waals surface area contributed by atoms with E-state index in [1.807, 2.05) is 0 Å². The lowest BCUT2D eigenvalue weighted by Crippen LogP contribution is -2.38. The maximum atomic E-state index is 4.70. The van der Waals surface area contributed by atoms with E-state index in [1.165, 1.54) is 76.1 Å². The lowest BCUT2D eigenvalue weighted by Gasteiger charge is -2.33. The van der Waals surface area contributed by atoms with Gasteiger partial charge in [-0.2, -0.15) is 0 Å². The van der Waals surface area contributed by atoms with Crippen LogP contribution in [0.1, 0.15) is 88.3 Å². The highest BCUT2D eigenvalue weighted by Crippen LogP contribution is 2.20. The molecule has 178 valence electrons. The first-order valence-electron chi connectivity index (χ1n) is 13.1. The molecule has 2 aliphatic heterocycles. The van der Waals surface area contributed by atoms with Crippen LogP contribution in [0.25, 0.3) is 0 Å². The van der Waals surface area contributed by atoms with E-state index in [4.69, 9.17) is 10.2 Å². The van der Waals surface area contributed by atoms with Crippen molar-refractivity contribution in [3.05, 3.63) is 35.2 Å². The third-order valence-corrected chi connectivity index (χ3v) is 7.78. The smallest absolute Gasteiger partial charge is 0.153 e. The fourth-order valence-corrected chi connectivity index (χ4v) is 5.73. The molecule has 2 aromatic rings. The molecular formula is C26H44N6. The molecule has 6 nitrogen and oxygen atoms in total. The van der Waals surface area contributed by atoms with Gasteiger partial charge in [0.1, 0.15) is 0 Å². The first kappa shape index (κ1) is 23.5. The Morgan fingerprint density at radius 3 is 1.62 bits per heavy atom. The molecule has 4 rings (SSSR count). The van der Waals surface area contributed by atoms with Crippen molar-refractivity contribution >= 4 is 0 Å². The minimum Gasteiger partial charge on any atom is -0.301 e. The van der Waals surface area contributed by atoms with Gasteiger partial charge in [-0.25, -0.2) is 4.68 Å². The van der Waals surface area contributed by atoms with Crippen molar-refractivity contribution in [3.8, 4) is 0 Å². The van der Waals surface area contributed by atoms with E-state index in [9.17, 15) is 0 Å². The lowest BCUT2D eigenvalue weighted by atomic mass is 10.0. The molecular weight excluding hydrogens is 396 g/mol. The predicted molar refractivity (Wildman–Crippen MR) is 131 cm³/mol. The zero-order valence-electron chi connectivity index (χ0n) is 20.9. The summed E-state index contributed by atoms with van der Waals surface area (Å²) in [5.41, 5.74) is 2.50. The molecule has 6 heteroatoms. The van der Waals surface area contributed by atoms with Gasteiger partial charge in [0.15, 0.2) is 11.6 Å². The average Bonchev–Trinajstić information content (AvgIpc) is 3.32. The Bertz CT molecular complexity index is 788. The van der Waals surface area contributed by atoms with Gasteiger partial charge < -0.3 is 9.80 Å². The minimum atomic E-state index is 0.725. The van der Waals surface area contributed by atoms with Gasteiger partial charge in [-0.15, -0.1) is 10.2 Å². The van der Waals surface area contributed by atoms with Crippen LogP contribution in [0.15, 0.2) is 12.1 Å². The molecule has 2 aromatic heterocycles. The van der Waals surface area contributed by atoms with Gasteiger partial charge in [-0.3, -0.25) is 4.68 Å². The maximum Gasteiger partial charge on any atom is 0.153 e. The Morgan fingerprint density at radius 1 is 0.719 bits per heavy atom. The predicted octanol–water partition coefficient (Wildman–Crippen LogP) is 4.62. The van der Waals surface area contributed by atoms with Gasteiger partial charge in [0.25, 0.3) is 0 Å². The van der Waals surface area contributed by atoms with E-state index in [0.717, 1.165) is 49.4 Å². The van der Waals surface area contributed by atoms with Crippen molar-refractivity contribution in [1.82, 2.24) is 29.3 Å². The Kier molecular flexibility index (Phi) is 8.06. The molecule has 0 amide bonds. The number of aryl methyl sites for hydroxylation is 4. The van der Waals surface area contributed by atoms with E-state index in [0.29, 0.717) is 0 Å². The van der Waals surface area contributed by atoms with E-state index in [2.05, 4.69) is 59.0 Å². The number of aromatic nitrogens is 4. The number of nitrogens with zero attached hydrogens (tertiary/aromatic N) is 6. The van der Waals surface area contributed by atoms with Crippen LogP contribution in [0.4, 0.5) is 0 Å². The summed E-state index contributed by atoms with van der Waals surface area (Å²) in [4.78, 5) is 5.33. The molecule has 0 bridgehead atoms. The highest BCUT2D eigenvalue weighted by Gasteiger charge is 2.21. The average molecular weight is 441 g/mol. The Labute approximate surface area is 195 Å². The second-order valence-electron chi connectivity index (χ2n) is 10.2. The molecule has 0 aromatic carbocycles. The van der Waals surface area contributed by atoms with Gasteiger partial charge in [0.05, 0.1) is 0 Å². The molecule has 0 radical (unpaired) electrons. The SMILES string of the molecule is Cc1ccc(C)n1-n1c(CCCN2CCCC[C@H]2C)nnc1CCCN1CCCC[C@@H]1C. The second kappa shape index (κ2) is 11.0. The third kappa shape index (κ3) is 5.45. The van der Waals surface area contributed by atoms with Gasteiger partial charge >= 0.3 is 0 Å². The van der Waals surface area contributed by atoms with E-state index >= 15 is 0 Å². The van der Waals surface area contributed by atoms with Gasteiger partial charge in [-0.1, -0.05) is 12.8 Å². The van der Waals surface area contributed by atoms with Crippen LogP contribution in [-0.2, 0) is 12.8 Å². The largest absolute Gasteiger partial charge is 0.301 e. The van der Waals surface area contributed by atoms with Crippen molar-refractivity contribution < 1.29 is 0 Å². The van der Waals surface area contributed by atoms with Crippen LogP contribution in [0.2, 0.25) is 0 Å². The Balaban J connectivity index is 1.44. The van der Waals surface area contributed by atoms with Crippen LogP contribution < -0.4 is 0 Å². The molecule has 2 atom stereocenters. The third-order valence-electron chi connectivity index (χ3n) is 7.78. The molecule has 0 unspecified atom stereocenters. The zero-order chi connectivity index (χ0) is 22.5.